The molecular formula is C25H26ClF2N3OS. The molecule has 3 rings (SSSR count). The van der Waals surface area contributed by atoms with E-state index in [0.717, 1.165) is 29.6 Å². The van der Waals surface area contributed by atoms with Gasteiger partial charge in [0, 0.05) is 29.9 Å². The van der Waals surface area contributed by atoms with Crippen LogP contribution in [0.15, 0.2) is 77.3 Å². The third-order valence-electron chi connectivity index (χ3n) is 4.98. The quantitative estimate of drug-likeness (QED) is 0.366. The molecule has 0 fully saturated rings. The molecule has 4 nitrogen and oxygen atoms in total. The zero-order valence-electron chi connectivity index (χ0n) is 18.7. The first kappa shape index (κ1) is 24.9. The van der Waals surface area contributed by atoms with Crippen molar-refractivity contribution in [3.8, 4) is 5.88 Å². The van der Waals surface area contributed by atoms with Crippen LogP contribution >= 0.6 is 23.5 Å². The van der Waals surface area contributed by atoms with Gasteiger partial charge in [-0.25, -0.2) is 13.8 Å². The molecule has 1 aliphatic rings. The molecule has 0 spiro atoms. The van der Waals surface area contributed by atoms with Gasteiger partial charge < -0.3 is 14.4 Å². The van der Waals surface area contributed by atoms with Crippen molar-refractivity contribution >= 4 is 29.2 Å². The third-order valence-corrected chi connectivity index (χ3v) is 6.02. The normalized spacial score (nSPS) is 14.8. The summed E-state index contributed by atoms with van der Waals surface area (Å²) in [6.45, 7) is 4.04. The van der Waals surface area contributed by atoms with Crippen LogP contribution in [0.25, 0.3) is 0 Å². The van der Waals surface area contributed by atoms with Crippen LogP contribution in [0, 0.1) is 11.6 Å². The summed E-state index contributed by atoms with van der Waals surface area (Å²) in [5.74, 6) is -0.821. The van der Waals surface area contributed by atoms with Gasteiger partial charge >= 0.3 is 0 Å². The first-order valence-corrected chi connectivity index (χ1v) is 11.8. The first-order valence-electron chi connectivity index (χ1n) is 10.6. The van der Waals surface area contributed by atoms with E-state index in [1.165, 1.54) is 25.4 Å². The average Bonchev–Trinajstić information content (AvgIpc) is 2.82. The zero-order chi connectivity index (χ0) is 23.8. The second-order valence-corrected chi connectivity index (χ2v) is 8.49. The summed E-state index contributed by atoms with van der Waals surface area (Å²) >= 11 is 7.10. The molecule has 0 radical (unpaired) electrons. The van der Waals surface area contributed by atoms with Crippen LogP contribution in [0.5, 0.6) is 5.88 Å². The second-order valence-electron chi connectivity index (χ2n) is 7.20. The topological polar surface area (TPSA) is 37.4 Å². The van der Waals surface area contributed by atoms with Gasteiger partial charge in [0.2, 0.25) is 5.88 Å². The summed E-state index contributed by atoms with van der Waals surface area (Å²) in [5, 5.41) is 0.429. The number of nitrogens with one attached hydrogen (secondary N) is 1. The summed E-state index contributed by atoms with van der Waals surface area (Å²) < 4.78 is 37.7. The molecule has 0 amide bonds. The van der Waals surface area contributed by atoms with Gasteiger partial charge in [0.15, 0.2) is 5.82 Å². The van der Waals surface area contributed by atoms with Crippen molar-refractivity contribution < 1.29 is 13.5 Å². The van der Waals surface area contributed by atoms with Gasteiger partial charge in [0.05, 0.1) is 22.7 Å². The van der Waals surface area contributed by atoms with Crippen molar-refractivity contribution in [2.45, 2.75) is 38.0 Å². The third kappa shape index (κ3) is 6.39. The molecule has 1 aromatic carbocycles. The van der Waals surface area contributed by atoms with Crippen LogP contribution in [-0.2, 0) is 6.42 Å². The Morgan fingerprint density at radius 2 is 2.09 bits per heavy atom. The van der Waals surface area contributed by atoms with Crippen molar-refractivity contribution in [1.82, 2.24) is 9.88 Å². The van der Waals surface area contributed by atoms with Crippen LogP contribution in [-0.4, -0.2) is 17.0 Å². The van der Waals surface area contributed by atoms with Crippen molar-refractivity contribution in [1.29, 1.82) is 0 Å². The first-order chi connectivity index (χ1) is 16.0. The molecule has 0 atom stereocenters. The highest BCUT2D eigenvalue weighted by molar-refractivity contribution is 8.00. The molecule has 1 aliphatic heterocycles. The average molecular weight is 490 g/mol. The predicted molar refractivity (Wildman–Crippen MR) is 132 cm³/mol. The van der Waals surface area contributed by atoms with Crippen molar-refractivity contribution in [3.05, 3.63) is 94.6 Å². The van der Waals surface area contributed by atoms with Gasteiger partial charge in [-0.05, 0) is 74.1 Å². The summed E-state index contributed by atoms with van der Waals surface area (Å²) in [6, 6.07) is 4.31. The largest absolute Gasteiger partial charge is 0.480 e. The Kier molecular flexibility index (Phi) is 8.97. The lowest BCUT2D eigenvalue weighted by Crippen LogP contribution is -2.11. The molecule has 0 unspecified atom stereocenters. The minimum atomic E-state index is -0.615. The number of allylic oxidation sites excluding steroid dienone is 5. The van der Waals surface area contributed by atoms with E-state index in [9.17, 15) is 4.39 Å². The Labute approximate surface area is 202 Å². The molecule has 1 aromatic heterocycles. The van der Waals surface area contributed by atoms with Gasteiger partial charge in [-0.1, -0.05) is 30.7 Å². The summed E-state index contributed by atoms with van der Waals surface area (Å²) in [4.78, 5) is 6.70. The van der Waals surface area contributed by atoms with Crippen LogP contribution in [0.3, 0.4) is 0 Å². The maximum absolute atomic E-state index is 15.1. The number of hydrogen-bond donors (Lipinski definition) is 1. The lowest BCUT2D eigenvalue weighted by atomic mass is 10.0. The number of benzene rings is 1. The Bertz CT molecular complexity index is 1120. The van der Waals surface area contributed by atoms with Gasteiger partial charge in [-0.3, -0.25) is 0 Å². The van der Waals surface area contributed by atoms with Gasteiger partial charge in [0.25, 0.3) is 0 Å². The maximum Gasteiger partial charge on any atom is 0.228 e. The lowest BCUT2D eigenvalue weighted by molar-refractivity contribution is 0.387. The lowest BCUT2D eigenvalue weighted by Gasteiger charge is -2.22. The highest BCUT2D eigenvalue weighted by Crippen LogP contribution is 2.33. The molecule has 8 heteroatoms. The number of hydrogen-bond acceptors (Lipinski definition) is 5. The maximum atomic E-state index is 15.1. The summed E-state index contributed by atoms with van der Waals surface area (Å²) in [6.07, 6.45) is 15.2. The van der Waals surface area contributed by atoms with Gasteiger partial charge in [-0.15, -0.1) is 0 Å². The van der Waals surface area contributed by atoms with E-state index in [0.29, 0.717) is 22.2 Å². The van der Waals surface area contributed by atoms with E-state index in [1.807, 2.05) is 42.5 Å². The number of anilines is 1. The molecule has 1 N–H and O–H groups in total. The van der Waals surface area contributed by atoms with Crippen molar-refractivity contribution in [2.75, 3.05) is 11.8 Å². The van der Waals surface area contributed by atoms with Gasteiger partial charge in [-0.2, -0.15) is 0 Å². The number of ether oxygens (including phenoxy) is 1. The van der Waals surface area contributed by atoms with Crippen LogP contribution in [0.4, 0.5) is 14.5 Å². The molecule has 0 aliphatic carbocycles. The Balaban J connectivity index is 1.72. The molecule has 0 saturated heterocycles. The summed E-state index contributed by atoms with van der Waals surface area (Å²) in [7, 11) is 1.49. The minimum Gasteiger partial charge on any atom is -0.480 e. The fraction of sp³-hybridized carbons (Fsp3) is 0.240. The Morgan fingerprint density at radius 1 is 1.27 bits per heavy atom. The number of halogens is 3. The number of nitrogens with zero attached hydrogens (tertiary/aromatic N) is 2. The second kappa shape index (κ2) is 11.9. The Hall–Kier alpha value is -2.77. The van der Waals surface area contributed by atoms with E-state index in [4.69, 9.17) is 16.3 Å². The van der Waals surface area contributed by atoms with Crippen LogP contribution in [0.2, 0.25) is 5.02 Å². The molecule has 0 saturated carbocycles. The van der Waals surface area contributed by atoms with Gasteiger partial charge in [0.1, 0.15) is 5.82 Å². The van der Waals surface area contributed by atoms with E-state index >= 15 is 4.39 Å². The van der Waals surface area contributed by atoms with Crippen molar-refractivity contribution in [3.63, 3.8) is 0 Å². The molecule has 2 aromatic rings. The van der Waals surface area contributed by atoms with E-state index in [2.05, 4.69) is 22.7 Å². The molecule has 174 valence electrons. The fourth-order valence-corrected chi connectivity index (χ4v) is 4.25. The summed E-state index contributed by atoms with van der Waals surface area (Å²) in [5.41, 5.74) is 2.25. The highest BCUT2D eigenvalue weighted by atomic mass is 35.5. The minimum absolute atomic E-state index is 0.0430. The SMILES string of the molecule is C/C=C1/C=C(CCc2c(F)ccc(NSc3cc(Cl)cnc3OC)c2F)C=CN1/C=C/CC. The molecular weight excluding hydrogens is 464 g/mol. The standard InChI is InChI=1S/C25H26ClF2N3OS/c1-4-6-12-31-13-11-17(14-19(31)5-2)7-8-20-21(27)9-10-22(24(20)28)30-33-23-15-18(26)16-29-25(23)32-3/h5-6,9-16,30H,4,7-8H2,1-3H3/b12-6+,19-5-. The fourth-order valence-electron chi connectivity index (χ4n) is 3.24. The predicted octanol–water partition coefficient (Wildman–Crippen LogP) is 7.66. The number of pyridine rings is 1. The van der Waals surface area contributed by atoms with E-state index in [1.54, 1.807) is 6.07 Å². The number of aromatic nitrogens is 1. The molecule has 2 heterocycles. The molecule has 33 heavy (non-hydrogen) atoms. The smallest absolute Gasteiger partial charge is 0.228 e. The van der Waals surface area contributed by atoms with E-state index < -0.39 is 11.6 Å². The Morgan fingerprint density at radius 3 is 2.82 bits per heavy atom. The van der Waals surface area contributed by atoms with E-state index in [-0.39, 0.29) is 17.7 Å². The monoisotopic (exact) mass is 489 g/mol. The molecule has 0 bridgehead atoms. The van der Waals surface area contributed by atoms with Crippen LogP contribution in [0.1, 0.15) is 32.3 Å². The zero-order valence-corrected chi connectivity index (χ0v) is 20.3. The number of methoxy groups -OCH3 is 1. The van der Waals surface area contributed by atoms with Crippen LogP contribution < -0.4 is 9.46 Å². The highest BCUT2D eigenvalue weighted by Gasteiger charge is 2.16. The number of rotatable bonds is 9. The van der Waals surface area contributed by atoms with Crippen molar-refractivity contribution in [2.24, 2.45) is 0 Å².